The van der Waals surface area contributed by atoms with Gasteiger partial charge in [0.25, 0.3) is 0 Å². The second-order valence-corrected chi connectivity index (χ2v) is 8.50. The Balaban J connectivity index is 1.96. The molecule has 2 rings (SSSR count). The highest BCUT2D eigenvalue weighted by Gasteiger charge is 2.17. The molecule has 1 aliphatic heterocycles. The molecule has 0 unspecified atom stereocenters. The van der Waals surface area contributed by atoms with Crippen molar-refractivity contribution in [2.75, 3.05) is 48.8 Å². The highest BCUT2D eigenvalue weighted by atomic mass is 32.2. The van der Waals surface area contributed by atoms with Crippen molar-refractivity contribution in [2.45, 2.75) is 18.2 Å². The van der Waals surface area contributed by atoms with Gasteiger partial charge in [-0.2, -0.15) is 11.8 Å². The van der Waals surface area contributed by atoms with Crippen molar-refractivity contribution < 1.29 is 8.42 Å². The molecule has 6 heteroatoms. The highest BCUT2D eigenvalue weighted by molar-refractivity contribution is 7.99. The average Bonchev–Trinajstić information content (AvgIpc) is 2.49. The molecule has 0 amide bonds. The van der Waals surface area contributed by atoms with Gasteiger partial charge in [-0.3, -0.25) is 4.90 Å². The van der Waals surface area contributed by atoms with Crippen molar-refractivity contribution in [1.82, 2.24) is 4.90 Å². The van der Waals surface area contributed by atoms with E-state index in [1.807, 2.05) is 30.8 Å². The Morgan fingerprint density at radius 3 is 2.67 bits per heavy atom. The minimum absolute atomic E-state index is 0.203. The molecule has 0 atom stereocenters. The predicted molar refractivity (Wildman–Crippen MR) is 91.0 cm³/mol. The average molecular weight is 329 g/mol. The molecule has 1 heterocycles. The molecule has 0 saturated carbocycles. The molecule has 4 nitrogen and oxygen atoms in total. The Bertz CT molecular complexity index is 540. The summed E-state index contributed by atoms with van der Waals surface area (Å²) in [7, 11) is -3.18. The van der Waals surface area contributed by atoms with Gasteiger partial charge in [0, 0.05) is 37.7 Å². The SMILES string of the molecule is CCCS(=O)(=O)c1ccccc1NCCN1CCSCC1. The summed E-state index contributed by atoms with van der Waals surface area (Å²) in [5, 5.41) is 3.30. The van der Waals surface area contributed by atoms with E-state index in [2.05, 4.69) is 10.2 Å². The molecule has 1 aromatic carbocycles. The molecule has 0 aromatic heterocycles. The van der Waals surface area contributed by atoms with Crippen LogP contribution in [0, 0.1) is 0 Å². The van der Waals surface area contributed by atoms with Crippen LogP contribution in [-0.2, 0) is 9.84 Å². The summed E-state index contributed by atoms with van der Waals surface area (Å²) in [6.07, 6.45) is 0.641. The van der Waals surface area contributed by atoms with Gasteiger partial charge in [0.2, 0.25) is 0 Å². The van der Waals surface area contributed by atoms with Gasteiger partial charge < -0.3 is 5.32 Å². The van der Waals surface area contributed by atoms with Gasteiger partial charge in [-0.25, -0.2) is 8.42 Å². The molecular formula is C15H24N2O2S2. The van der Waals surface area contributed by atoms with Gasteiger partial charge in [-0.1, -0.05) is 19.1 Å². The van der Waals surface area contributed by atoms with E-state index in [9.17, 15) is 8.42 Å². The predicted octanol–water partition coefficient (Wildman–Crippen LogP) is 2.33. The van der Waals surface area contributed by atoms with E-state index < -0.39 is 9.84 Å². The third-order valence-electron chi connectivity index (χ3n) is 3.54. The lowest BCUT2D eigenvalue weighted by Crippen LogP contribution is -2.36. The zero-order valence-corrected chi connectivity index (χ0v) is 14.2. The molecule has 1 saturated heterocycles. The minimum atomic E-state index is -3.18. The Morgan fingerprint density at radius 1 is 1.24 bits per heavy atom. The lowest BCUT2D eigenvalue weighted by molar-refractivity contribution is 0.314. The molecule has 1 N–H and O–H groups in total. The van der Waals surface area contributed by atoms with Crippen molar-refractivity contribution >= 4 is 27.3 Å². The fourth-order valence-corrected chi connectivity index (χ4v) is 4.93. The topological polar surface area (TPSA) is 49.4 Å². The molecule has 1 aliphatic rings. The van der Waals surface area contributed by atoms with Crippen molar-refractivity contribution in [2.24, 2.45) is 0 Å². The van der Waals surface area contributed by atoms with E-state index in [4.69, 9.17) is 0 Å². The van der Waals surface area contributed by atoms with Crippen LogP contribution in [0.4, 0.5) is 5.69 Å². The van der Waals surface area contributed by atoms with Crippen LogP contribution in [0.2, 0.25) is 0 Å². The molecule has 0 spiro atoms. The summed E-state index contributed by atoms with van der Waals surface area (Å²) in [5.41, 5.74) is 0.734. The fourth-order valence-electron chi connectivity index (χ4n) is 2.44. The fraction of sp³-hybridized carbons (Fsp3) is 0.600. The van der Waals surface area contributed by atoms with Gasteiger partial charge in [0.1, 0.15) is 0 Å². The summed E-state index contributed by atoms with van der Waals surface area (Å²) < 4.78 is 24.5. The van der Waals surface area contributed by atoms with Gasteiger partial charge in [-0.15, -0.1) is 0 Å². The molecule has 21 heavy (non-hydrogen) atoms. The first kappa shape index (κ1) is 16.6. The second kappa shape index (κ2) is 8.06. The standard InChI is InChI=1S/C15H24N2O2S2/c1-2-13-21(18,19)15-6-4-3-5-14(15)16-7-8-17-9-11-20-12-10-17/h3-6,16H,2,7-13H2,1H3. The maximum atomic E-state index is 12.3. The number of nitrogens with one attached hydrogen (secondary N) is 1. The quantitative estimate of drug-likeness (QED) is 0.832. The summed E-state index contributed by atoms with van der Waals surface area (Å²) in [6, 6.07) is 7.22. The van der Waals surface area contributed by atoms with E-state index in [1.165, 1.54) is 11.5 Å². The van der Waals surface area contributed by atoms with Gasteiger partial charge in [0.15, 0.2) is 9.84 Å². The number of rotatable bonds is 7. The molecule has 0 bridgehead atoms. The lowest BCUT2D eigenvalue weighted by atomic mass is 10.3. The third kappa shape index (κ3) is 4.90. The number of anilines is 1. The summed E-state index contributed by atoms with van der Waals surface area (Å²) >= 11 is 2.00. The number of nitrogens with zero attached hydrogens (tertiary/aromatic N) is 1. The van der Waals surface area contributed by atoms with E-state index >= 15 is 0 Å². The Labute approximate surface area is 132 Å². The van der Waals surface area contributed by atoms with Crippen LogP contribution in [0.25, 0.3) is 0 Å². The normalized spacial score (nSPS) is 16.8. The second-order valence-electron chi connectivity index (χ2n) is 5.20. The summed E-state index contributed by atoms with van der Waals surface area (Å²) in [4.78, 5) is 2.85. The van der Waals surface area contributed by atoms with Crippen LogP contribution in [-0.4, -0.2) is 56.8 Å². The highest BCUT2D eigenvalue weighted by Crippen LogP contribution is 2.22. The van der Waals surface area contributed by atoms with Crippen LogP contribution in [0.5, 0.6) is 0 Å². The van der Waals surface area contributed by atoms with Crippen LogP contribution >= 0.6 is 11.8 Å². The number of hydrogen-bond donors (Lipinski definition) is 1. The number of hydrogen-bond acceptors (Lipinski definition) is 5. The van der Waals surface area contributed by atoms with Crippen molar-refractivity contribution in [3.05, 3.63) is 24.3 Å². The van der Waals surface area contributed by atoms with Crippen molar-refractivity contribution in [3.8, 4) is 0 Å². The van der Waals surface area contributed by atoms with E-state index in [0.29, 0.717) is 11.3 Å². The number of sulfone groups is 1. The van der Waals surface area contributed by atoms with Crippen molar-refractivity contribution in [1.29, 1.82) is 0 Å². The minimum Gasteiger partial charge on any atom is -0.383 e. The number of para-hydroxylation sites is 1. The number of benzene rings is 1. The Morgan fingerprint density at radius 2 is 1.95 bits per heavy atom. The molecule has 0 radical (unpaired) electrons. The molecule has 118 valence electrons. The lowest BCUT2D eigenvalue weighted by Gasteiger charge is -2.26. The molecule has 1 fully saturated rings. The Hall–Kier alpha value is -0.720. The molecular weight excluding hydrogens is 304 g/mol. The van der Waals surface area contributed by atoms with Gasteiger partial charge in [-0.05, 0) is 18.6 Å². The smallest absolute Gasteiger partial charge is 0.180 e. The summed E-state index contributed by atoms with van der Waals surface area (Å²) in [5.74, 6) is 2.60. The molecule has 1 aromatic rings. The van der Waals surface area contributed by atoms with Gasteiger partial charge >= 0.3 is 0 Å². The van der Waals surface area contributed by atoms with Crippen LogP contribution in [0.3, 0.4) is 0 Å². The van der Waals surface area contributed by atoms with E-state index in [-0.39, 0.29) is 5.75 Å². The summed E-state index contributed by atoms with van der Waals surface area (Å²) in [6.45, 7) is 5.89. The first-order chi connectivity index (χ1) is 10.1. The molecule has 0 aliphatic carbocycles. The van der Waals surface area contributed by atoms with Crippen LogP contribution in [0.15, 0.2) is 29.2 Å². The number of thioether (sulfide) groups is 1. The zero-order valence-electron chi connectivity index (χ0n) is 12.5. The third-order valence-corrected chi connectivity index (χ3v) is 6.46. The van der Waals surface area contributed by atoms with E-state index in [0.717, 1.165) is 31.9 Å². The first-order valence-corrected chi connectivity index (χ1v) is 10.3. The van der Waals surface area contributed by atoms with E-state index in [1.54, 1.807) is 12.1 Å². The first-order valence-electron chi connectivity index (χ1n) is 7.49. The maximum Gasteiger partial charge on any atom is 0.180 e. The van der Waals surface area contributed by atoms with Crippen molar-refractivity contribution in [3.63, 3.8) is 0 Å². The monoisotopic (exact) mass is 328 g/mol. The van der Waals surface area contributed by atoms with Gasteiger partial charge in [0.05, 0.1) is 16.3 Å². The maximum absolute atomic E-state index is 12.3. The Kier molecular flexibility index (Phi) is 6.39. The largest absolute Gasteiger partial charge is 0.383 e. The van der Waals surface area contributed by atoms with Crippen LogP contribution in [0.1, 0.15) is 13.3 Å². The van der Waals surface area contributed by atoms with Crippen LogP contribution < -0.4 is 5.32 Å². The zero-order chi connectivity index (χ0) is 15.1.